The lowest BCUT2D eigenvalue weighted by Crippen LogP contribution is -2.52. The van der Waals surface area contributed by atoms with Crippen molar-refractivity contribution in [3.63, 3.8) is 0 Å². The van der Waals surface area contributed by atoms with Gasteiger partial charge in [-0.15, -0.1) is 0 Å². The number of rotatable bonds is 9. The second kappa shape index (κ2) is 9.42. The number of nitrogens with zero attached hydrogens (tertiary/aromatic N) is 1. The minimum Gasteiger partial charge on any atom is -0.293 e. The number of carbonyl (C=O) groups excluding carboxylic acids is 1. The first-order valence-electron chi connectivity index (χ1n) is 6.82. The molecule has 0 aliphatic heterocycles. The molecule has 1 unspecified atom stereocenters. The number of unbranched alkanes of at least 4 members (excludes halogenated alkanes) is 2. The Labute approximate surface area is 106 Å². The van der Waals surface area contributed by atoms with Crippen LogP contribution in [0.2, 0.25) is 0 Å². The summed E-state index contributed by atoms with van der Waals surface area (Å²) in [6.45, 7) is 10.5. The van der Waals surface area contributed by atoms with Crippen LogP contribution in [-0.2, 0) is 4.79 Å². The van der Waals surface area contributed by atoms with E-state index in [0.29, 0.717) is 0 Å². The molecule has 0 rings (SSSR count). The monoisotopic (exact) mass is 243 g/mol. The maximum Gasteiger partial charge on any atom is 0.251 e. The van der Waals surface area contributed by atoms with Gasteiger partial charge in [0.05, 0.1) is 6.04 Å². The molecule has 17 heavy (non-hydrogen) atoms. The molecule has 4 heteroatoms. The zero-order chi connectivity index (χ0) is 13.3. The molecule has 0 fully saturated rings. The number of amides is 1. The Kier molecular flexibility index (Phi) is 9.09. The van der Waals surface area contributed by atoms with E-state index in [1.165, 1.54) is 0 Å². The van der Waals surface area contributed by atoms with E-state index in [1.54, 1.807) is 0 Å². The Morgan fingerprint density at radius 2 is 1.65 bits per heavy atom. The maximum atomic E-state index is 11.8. The third-order valence-corrected chi connectivity index (χ3v) is 3.03. The van der Waals surface area contributed by atoms with Gasteiger partial charge in [0.1, 0.15) is 0 Å². The minimum atomic E-state index is -0.0990. The third-order valence-electron chi connectivity index (χ3n) is 3.03. The highest BCUT2D eigenvalue weighted by atomic mass is 16.2. The second-order valence-electron chi connectivity index (χ2n) is 4.94. The van der Waals surface area contributed by atoms with Crippen molar-refractivity contribution in [3.8, 4) is 0 Å². The molecule has 4 nitrogen and oxygen atoms in total. The van der Waals surface area contributed by atoms with Gasteiger partial charge in [-0.25, -0.2) is 5.84 Å². The van der Waals surface area contributed by atoms with Crippen LogP contribution in [0.5, 0.6) is 0 Å². The topological polar surface area (TPSA) is 58.4 Å². The molecule has 0 aromatic rings. The van der Waals surface area contributed by atoms with Crippen molar-refractivity contribution in [1.82, 2.24) is 10.3 Å². The van der Waals surface area contributed by atoms with Crippen molar-refractivity contribution in [3.05, 3.63) is 0 Å². The summed E-state index contributed by atoms with van der Waals surface area (Å²) in [5, 5.41) is 0. The van der Waals surface area contributed by atoms with Crippen molar-refractivity contribution in [2.24, 2.45) is 11.8 Å². The Bertz CT molecular complexity index is 199. The van der Waals surface area contributed by atoms with Gasteiger partial charge in [0.25, 0.3) is 5.91 Å². The SMILES string of the molecule is CCCCN(CCCC)C(C(=O)NN)C(C)C. The highest BCUT2D eigenvalue weighted by Crippen LogP contribution is 2.13. The van der Waals surface area contributed by atoms with Crippen LogP contribution in [0.3, 0.4) is 0 Å². The molecule has 102 valence electrons. The minimum absolute atomic E-state index is 0.0628. The van der Waals surface area contributed by atoms with E-state index in [2.05, 4.69) is 38.0 Å². The third kappa shape index (κ3) is 6.03. The van der Waals surface area contributed by atoms with Gasteiger partial charge in [-0.3, -0.25) is 15.1 Å². The van der Waals surface area contributed by atoms with Crippen LogP contribution in [0.25, 0.3) is 0 Å². The Balaban J connectivity index is 4.60. The molecule has 0 saturated heterocycles. The van der Waals surface area contributed by atoms with E-state index in [-0.39, 0.29) is 17.9 Å². The summed E-state index contributed by atoms with van der Waals surface area (Å²) in [7, 11) is 0. The molecule has 0 aromatic heterocycles. The number of nitrogens with one attached hydrogen (secondary N) is 1. The lowest BCUT2D eigenvalue weighted by atomic mass is 10.0. The Morgan fingerprint density at radius 1 is 1.18 bits per heavy atom. The molecule has 0 radical (unpaired) electrons. The molecule has 0 aliphatic rings. The van der Waals surface area contributed by atoms with Gasteiger partial charge in [-0.05, 0) is 31.8 Å². The summed E-state index contributed by atoms with van der Waals surface area (Å²) in [6.07, 6.45) is 4.56. The first-order valence-corrected chi connectivity index (χ1v) is 6.82. The molecule has 0 spiro atoms. The number of hydrazine groups is 1. The van der Waals surface area contributed by atoms with Crippen LogP contribution in [0.15, 0.2) is 0 Å². The average molecular weight is 243 g/mol. The molecule has 0 bridgehead atoms. The van der Waals surface area contributed by atoms with Crippen molar-refractivity contribution in [1.29, 1.82) is 0 Å². The van der Waals surface area contributed by atoms with Crippen molar-refractivity contribution < 1.29 is 4.79 Å². The highest BCUT2D eigenvalue weighted by molar-refractivity contribution is 5.81. The van der Waals surface area contributed by atoms with Crippen molar-refractivity contribution >= 4 is 5.91 Å². The zero-order valence-corrected chi connectivity index (χ0v) is 11.8. The largest absolute Gasteiger partial charge is 0.293 e. The summed E-state index contributed by atoms with van der Waals surface area (Å²) in [4.78, 5) is 14.1. The van der Waals surface area contributed by atoms with Crippen LogP contribution in [0, 0.1) is 5.92 Å². The normalized spacial score (nSPS) is 13.1. The predicted molar refractivity (Wildman–Crippen MR) is 72.3 cm³/mol. The summed E-state index contributed by atoms with van der Waals surface area (Å²) < 4.78 is 0. The molecule has 3 N–H and O–H groups in total. The van der Waals surface area contributed by atoms with E-state index >= 15 is 0 Å². The highest BCUT2D eigenvalue weighted by Gasteiger charge is 2.27. The van der Waals surface area contributed by atoms with Crippen LogP contribution < -0.4 is 11.3 Å². The number of hydrogen-bond donors (Lipinski definition) is 2. The molecule has 1 atom stereocenters. The van der Waals surface area contributed by atoms with Gasteiger partial charge >= 0.3 is 0 Å². The lowest BCUT2D eigenvalue weighted by Gasteiger charge is -2.32. The fourth-order valence-electron chi connectivity index (χ4n) is 2.09. The quantitative estimate of drug-likeness (QED) is 0.369. The van der Waals surface area contributed by atoms with E-state index in [1.807, 2.05) is 0 Å². The van der Waals surface area contributed by atoms with Crippen LogP contribution in [0.4, 0.5) is 0 Å². The number of hydrogen-bond acceptors (Lipinski definition) is 3. The van der Waals surface area contributed by atoms with Gasteiger partial charge in [0, 0.05) is 0 Å². The van der Waals surface area contributed by atoms with Crippen LogP contribution >= 0.6 is 0 Å². The smallest absolute Gasteiger partial charge is 0.251 e. The summed E-state index contributed by atoms with van der Waals surface area (Å²) in [6, 6.07) is -0.0990. The predicted octanol–water partition coefficient (Wildman–Crippen LogP) is 1.90. The Morgan fingerprint density at radius 3 is 1.94 bits per heavy atom. The van der Waals surface area contributed by atoms with Gasteiger partial charge in [-0.2, -0.15) is 0 Å². The zero-order valence-electron chi connectivity index (χ0n) is 11.8. The van der Waals surface area contributed by atoms with Crippen LogP contribution in [0.1, 0.15) is 53.4 Å². The van der Waals surface area contributed by atoms with Gasteiger partial charge in [-0.1, -0.05) is 40.5 Å². The maximum absolute atomic E-state index is 11.8. The fraction of sp³-hybridized carbons (Fsp3) is 0.923. The molecule has 0 aliphatic carbocycles. The van der Waals surface area contributed by atoms with E-state index in [4.69, 9.17) is 5.84 Å². The molecular weight excluding hydrogens is 214 g/mol. The molecule has 1 amide bonds. The summed E-state index contributed by atoms with van der Waals surface area (Å²) in [5.74, 6) is 5.50. The van der Waals surface area contributed by atoms with Gasteiger partial charge < -0.3 is 0 Å². The molecule has 0 aromatic carbocycles. The molecule has 0 heterocycles. The number of nitrogens with two attached hydrogens (primary N) is 1. The standard InChI is InChI=1S/C13H29N3O/c1-5-7-9-16(10-8-6-2)12(11(3)4)13(17)15-14/h11-12H,5-10,14H2,1-4H3,(H,15,17). The summed E-state index contributed by atoms with van der Waals surface area (Å²) in [5.41, 5.74) is 2.30. The Hall–Kier alpha value is -0.610. The summed E-state index contributed by atoms with van der Waals surface area (Å²) >= 11 is 0. The number of carbonyl (C=O) groups is 1. The van der Waals surface area contributed by atoms with E-state index in [9.17, 15) is 4.79 Å². The van der Waals surface area contributed by atoms with Crippen molar-refractivity contribution in [2.45, 2.75) is 59.4 Å². The van der Waals surface area contributed by atoms with E-state index < -0.39 is 0 Å². The van der Waals surface area contributed by atoms with Crippen molar-refractivity contribution in [2.75, 3.05) is 13.1 Å². The van der Waals surface area contributed by atoms with Gasteiger partial charge in [0.2, 0.25) is 0 Å². The van der Waals surface area contributed by atoms with Crippen LogP contribution in [-0.4, -0.2) is 29.9 Å². The van der Waals surface area contributed by atoms with E-state index in [0.717, 1.165) is 38.8 Å². The molecular formula is C13H29N3O. The van der Waals surface area contributed by atoms with Gasteiger partial charge in [0.15, 0.2) is 0 Å². The average Bonchev–Trinajstić information content (AvgIpc) is 2.31. The fourth-order valence-corrected chi connectivity index (χ4v) is 2.09. The first kappa shape index (κ1) is 16.4. The second-order valence-corrected chi connectivity index (χ2v) is 4.94. The lowest BCUT2D eigenvalue weighted by molar-refractivity contribution is -0.128. The molecule has 0 saturated carbocycles. The first-order chi connectivity index (χ1) is 8.08.